The molecule has 4 saturated carbocycles. The fraction of sp³-hybridized carbons (Fsp3) is 0.926. The van der Waals surface area contributed by atoms with Gasteiger partial charge in [0.05, 0.1) is 5.60 Å². The van der Waals surface area contributed by atoms with Crippen molar-refractivity contribution in [1.82, 2.24) is 0 Å². The topological polar surface area (TPSA) is 20.2 Å². The molecule has 0 amide bonds. The van der Waals surface area contributed by atoms with Crippen molar-refractivity contribution in [1.29, 1.82) is 0 Å². The SMILES string of the molecule is C=C1CC[C@]2(C)C3CC[C@@]4(C)C(CC[C@@H]4C(C)CCCC(C)C)C3CC[C@]12O. The van der Waals surface area contributed by atoms with Gasteiger partial charge in [-0.2, -0.15) is 0 Å². The lowest BCUT2D eigenvalue weighted by atomic mass is 9.46. The van der Waals surface area contributed by atoms with Crippen molar-refractivity contribution in [3.8, 4) is 0 Å². The second-order valence-electron chi connectivity index (χ2n) is 12.3. The Kier molecular flexibility index (Phi) is 5.34. The molecule has 0 heterocycles. The monoisotopic (exact) mass is 386 g/mol. The first-order chi connectivity index (χ1) is 13.1. The fourth-order valence-corrected chi connectivity index (χ4v) is 9.06. The lowest BCUT2D eigenvalue weighted by Crippen LogP contribution is -2.58. The quantitative estimate of drug-likeness (QED) is 0.488. The van der Waals surface area contributed by atoms with Gasteiger partial charge in [-0.05, 0) is 97.9 Å². The molecule has 0 aromatic rings. The van der Waals surface area contributed by atoms with Crippen LogP contribution in [0.2, 0.25) is 0 Å². The minimum atomic E-state index is -0.565. The van der Waals surface area contributed by atoms with E-state index in [0.717, 1.165) is 53.9 Å². The van der Waals surface area contributed by atoms with Crippen LogP contribution in [-0.4, -0.2) is 10.7 Å². The van der Waals surface area contributed by atoms with Gasteiger partial charge < -0.3 is 5.11 Å². The molecular formula is C27H46O. The van der Waals surface area contributed by atoms with Crippen LogP contribution in [0.4, 0.5) is 0 Å². The van der Waals surface area contributed by atoms with Crippen LogP contribution in [0.5, 0.6) is 0 Å². The average molecular weight is 387 g/mol. The number of aliphatic hydroxyl groups is 1. The minimum Gasteiger partial charge on any atom is -0.385 e. The molecule has 1 N–H and O–H groups in total. The molecule has 0 aromatic carbocycles. The Morgan fingerprint density at radius 1 is 0.964 bits per heavy atom. The molecule has 0 saturated heterocycles. The zero-order chi connectivity index (χ0) is 20.3. The Morgan fingerprint density at radius 3 is 2.43 bits per heavy atom. The van der Waals surface area contributed by atoms with Crippen molar-refractivity contribution in [2.24, 2.45) is 46.3 Å². The summed E-state index contributed by atoms with van der Waals surface area (Å²) < 4.78 is 0. The van der Waals surface area contributed by atoms with E-state index in [4.69, 9.17) is 0 Å². The highest BCUT2D eigenvalue weighted by Gasteiger charge is 2.65. The molecule has 4 rings (SSSR count). The summed E-state index contributed by atoms with van der Waals surface area (Å²) in [6.07, 6.45) is 14.3. The maximum atomic E-state index is 11.6. The van der Waals surface area contributed by atoms with Crippen LogP contribution in [-0.2, 0) is 0 Å². The fourth-order valence-electron chi connectivity index (χ4n) is 9.06. The summed E-state index contributed by atoms with van der Waals surface area (Å²) in [6, 6.07) is 0. The highest BCUT2D eigenvalue weighted by Crippen LogP contribution is 2.70. The molecule has 4 unspecified atom stereocenters. The van der Waals surface area contributed by atoms with Gasteiger partial charge >= 0.3 is 0 Å². The van der Waals surface area contributed by atoms with Gasteiger partial charge in [0.2, 0.25) is 0 Å². The zero-order valence-corrected chi connectivity index (χ0v) is 19.4. The van der Waals surface area contributed by atoms with Gasteiger partial charge in [0.1, 0.15) is 0 Å². The first kappa shape index (κ1) is 21.0. The van der Waals surface area contributed by atoms with Crippen molar-refractivity contribution >= 4 is 0 Å². The summed E-state index contributed by atoms with van der Waals surface area (Å²) in [4.78, 5) is 0. The predicted octanol–water partition coefficient (Wildman–Crippen LogP) is 7.39. The largest absolute Gasteiger partial charge is 0.385 e. The van der Waals surface area contributed by atoms with Crippen molar-refractivity contribution in [2.45, 2.75) is 111 Å². The normalized spacial score (nSPS) is 49.0. The number of rotatable bonds is 5. The van der Waals surface area contributed by atoms with Crippen molar-refractivity contribution in [3.63, 3.8) is 0 Å². The molecule has 0 spiro atoms. The molecule has 0 aromatic heterocycles. The molecule has 160 valence electrons. The summed E-state index contributed by atoms with van der Waals surface area (Å²) in [7, 11) is 0. The first-order valence-corrected chi connectivity index (χ1v) is 12.5. The van der Waals surface area contributed by atoms with E-state index in [1.165, 1.54) is 57.8 Å². The Bertz CT molecular complexity index is 607. The van der Waals surface area contributed by atoms with Crippen LogP contribution in [0.3, 0.4) is 0 Å². The third kappa shape index (κ3) is 2.89. The Hall–Kier alpha value is -0.300. The van der Waals surface area contributed by atoms with Gasteiger partial charge in [-0.1, -0.05) is 60.5 Å². The molecule has 1 heteroatoms. The lowest BCUT2D eigenvalue weighted by Gasteiger charge is -2.60. The molecular weight excluding hydrogens is 340 g/mol. The van der Waals surface area contributed by atoms with E-state index in [-0.39, 0.29) is 5.41 Å². The van der Waals surface area contributed by atoms with Crippen LogP contribution in [0.25, 0.3) is 0 Å². The lowest BCUT2D eigenvalue weighted by molar-refractivity contribution is -0.157. The minimum absolute atomic E-state index is 0.0926. The number of hydrogen-bond donors (Lipinski definition) is 1. The van der Waals surface area contributed by atoms with E-state index in [0.29, 0.717) is 5.41 Å². The maximum Gasteiger partial charge on any atom is 0.0910 e. The van der Waals surface area contributed by atoms with Gasteiger partial charge in [-0.25, -0.2) is 0 Å². The summed E-state index contributed by atoms with van der Waals surface area (Å²) in [5, 5.41) is 11.6. The van der Waals surface area contributed by atoms with Crippen LogP contribution in [0, 0.1) is 46.3 Å². The molecule has 0 radical (unpaired) electrons. The van der Waals surface area contributed by atoms with E-state index in [1.54, 1.807) is 0 Å². The summed E-state index contributed by atoms with van der Waals surface area (Å²) in [6.45, 7) is 16.7. The van der Waals surface area contributed by atoms with Crippen LogP contribution >= 0.6 is 0 Å². The predicted molar refractivity (Wildman–Crippen MR) is 119 cm³/mol. The van der Waals surface area contributed by atoms with Gasteiger partial charge in [0.25, 0.3) is 0 Å². The second-order valence-corrected chi connectivity index (χ2v) is 12.3. The van der Waals surface area contributed by atoms with Crippen LogP contribution < -0.4 is 0 Å². The van der Waals surface area contributed by atoms with Gasteiger partial charge in [-0.15, -0.1) is 0 Å². The first-order valence-electron chi connectivity index (χ1n) is 12.5. The van der Waals surface area contributed by atoms with E-state index in [9.17, 15) is 5.11 Å². The number of hydrogen-bond acceptors (Lipinski definition) is 1. The highest BCUT2D eigenvalue weighted by molar-refractivity contribution is 5.29. The highest BCUT2D eigenvalue weighted by atomic mass is 16.3. The molecule has 0 bridgehead atoms. The van der Waals surface area contributed by atoms with Crippen LogP contribution in [0.1, 0.15) is 105 Å². The summed E-state index contributed by atoms with van der Waals surface area (Å²) >= 11 is 0. The Balaban J connectivity index is 1.50. The summed E-state index contributed by atoms with van der Waals surface area (Å²) in [5.74, 6) is 5.13. The second kappa shape index (κ2) is 7.14. The van der Waals surface area contributed by atoms with E-state index in [1.807, 2.05) is 0 Å². The van der Waals surface area contributed by atoms with Crippen LogP contribution in [0.15, 0.2) is 12.2 Å². The van der Waals surface area contributed by atoms with Crippen molar-refractivity contribution < 1.29 is 5.11 Å². The van der Waals surface area contributed by atoms with Crippen molar-refractivity contribution in [2.75, 3.05) is 0 Å². The molecule has 4 fully saturated rings. The summed E-state index contributed by atoms with van der Waals surface area (Å²) in [5.41, 5.74) is 1.23. The third-order valence-electron chi connectivity index (χ3n) is 10.8. The molecule has 4 aliphatic rings. The third-order valence-corrected chi connectivity index (χ3v) is 10.8. The Labute approximate surface area is 174 Å². The van der Waals surface area contributed by atoms with Gasteiger partial charge in [0, 0.05) is 5.41 Å². The molecule has 8 atom stereocenters. The van der Waals surface area contributed by atoms with E-state index in [2.05, 4.69) is 41.2 Å². The number of fused-ring (bicyclic) bond motifs is 5. The molecule has 28 heavy (non-hydrogen) atoms. The van der Waals surface area contributed by atoms with E-state index >= 15 is 0 Å². The molecule has 4 aliphatic carbocycles. The Morgan fingerprint density at radius 2 is 1.71 bits per heavy atom. The van der Waals surface area contributed by atoms with Crippen molar-refractivity contribution in [3.05, 3.63) is 12.2 Å². The molecule has 0 aliphatic heterocycles. The average Bonchev–Trinajstić information content (AvgIpc) is 3.10. The maximum absolute atomic E-state index is 11.6. The standard InChI is InChI=1S/C27H46O/c1-18(2)8-7-9-19(3)22-10-11-23-21-13-17-27(28)20(4)12-16-26(27,6)24(21)14-15-25(22,23)5/h18-19,21-24,28H,4,7-17H2,1-3,5-6H3/t19?,21?,22-,23?,24?,25-,26-,27+/m1/s1. The molecule has 1 nitrogen and oxygen atoms in total. The van der Waals surface area contributed by atoms with E-state index < -0.39 is 5.60 Å². The van der Waals surface area contributed by atoms with Gasteiger partial charge in [-0.3, -0.25) is 0 Å². The smallest absolute Gasteiger partial charge is 0.0910 e. The zero-order valence-electron chi connectivity index (χ0n) is 19.4. The van der Waals surface area contributed by atoms with Gasteiger partial charge in [0.15, 0.2) is 0 Å².